The van der Waals surface area contributed by atoms with E-state index in [1.165, 1.54) is 0 Å². The van der Waals surface area contributed by atoms with Gasteiger partial charge in [0, 0.05) is 25.7 Å². The van der Waals surface area contributed by atoms with E-state index in [1.54, 1.807) is 13.1 Å². The largest absolute Gasteiger partial charge is 0.486 e. The summed E-state index contributed by atoms with van der Waals surface area (Å²) in [5.41, 5.74) is 2.68. The van der Waals surface area contributed by atoms with Crippen LogP contribution in [0, 0.1) is 0 Å². The number of aliphatic imine (C=N–C) groups is 1. The highest BCUT2D eigenvalue weighted by atomic mass is 35.5. The molecular weight excluding hydrogens is 404 g/mol. The number of ether oxygens (including phenoxy) is 2. The minimum atomic E-state index is -0.0854. The van der Waals surface area contributed by atoms with Gasteiger partial charge in [-0.3, -0.25) is 4.79 Å². The summed E-state index contributed by atoms with van der Waals surface area (Å²) in [6.07, 6.45) is 0.769. The molecule has 1 amide bonds. The van der Waals surface area contributed by atoms with Crippen molar-refractivity contribution in [1.82, 2.24) is 16.0 Å². The Kier molecular flexibility index (Phi) is 7.79. The Balaban J connectivity index is 1.60. The highest BCUT2D eigenvalue weighted by molar-refractivity contribution is 6.32. The molecule has 0 fully saturated rings. The lowest BCUT2D eigenvalue weighted by atomic mass is 10.1. The van der Waals surface area contributed by atoms with Crippen molar-refractivity contribution in [1.29, 1.82) is 0 Å². The number of hydrogen-bond donors (Lipinski definition) is 3. The lowest BCUT2D eigenvalue weighted by molar-refractivity contribution is 0.0963. The van der Waals surface area contributed by atoms with Crippen LogP contribution in [0.5, 0.6) is 11.5 Å². The maximum absolute atomic E-state index is 11.8. The number of guanidine groups is 1. The van der Waals surface area contributed by atoms with E-state index in [2.05, 4.69) is 20.9 Å². The molecule has 8 heteroatoms. The predicted octanol–water partition coefficient (Wildman–Crippen LogP) is 2.77. The van der Waals surface area contributed by atoms with E-state index < -0.39 is 0 Å². The topological polar surface area (TPSA) is 84.0 Å². The molecule has 0 atom stereocenters. The van der Waals surface area contributed by atoms with E-state index in [1.807, 2.05) is 37.3 Å². The summed E-state index contributed by atoms with van der Waals surface area (Å²) in [6, 6.07) is 11.4. The molecule has 0 unspecified atom stereocenters. The molecule has 0 radical (unpaired) electrons. The number of carbonyl (C=O) groups excluding carboxylic acids is 1. The summed E-state index contributed by atoms with van der Waals surface area (Å²) in [6.45, 7) is 4.93. The molecule has 3 N–H and O–H groups in total. The maximum Gasteiger partial charge on any atom is 0.251 e. The Labute approximate surface area is 181 Å². The first-order valence-corrected chi connectivity index (χ1v) is 10.4. The minimum absolute atomic E-state index is 0.0854. The molecule has 0 saturated heterocycles. The average Bonchev–Trinajstić information content (AvgIpc) is 2.77. The Bertz CT molecular complexity index is 917. The van der Waals surface area contributed by atoms with E-state index in [0.717, 1.165) is 24.1 Å². The van der Waals surface area contributed by atoms with Gasteiger partial charge in [-0.2, -0.15) is 0 Å². The molecular formula is C22H27ClN4O3. The van der Waals surface area contributed by atoms with E-state index in [9.17, 15) is 4.79 Å². The summed E-state index contributed by atoms with van der Waals surface area (Å²) in [5, 5.41) is 9.75. The van der Waals surface area contributed by atoms with Crippen LogP contribution in [0.25, 0.3) is 0 Å². The summed E-state index contributed by atoms with van der Waals surface area (Å²) in [7, 11) is 1.63. The molecule has 0 spiro atoms. The average molecular weight is 431 g/mol. The van der Waals surface area contributed by atoms with Crippen LogP contribution in [-0.2, 0) is 13.0 Å². The fraction of sp³-hybridized carbons (Fsp3) is 0.364. The van der Waals surface area contributed by atoms with Crippen LogP contribution in [0.4, 0.5) is 0 Å². The quantitative estimate of drug-likeness (QED) is 0.464. The molecule has 0 bridgehead atoms. The summed E-state index contributed by atoms with van der Waals surface area (Å²) < 4.78 is 11.2. The van der Waals surface area contributed by atoms with E-state index in [-0.39, 0.29) is 5.91 Å². The minimum Gasteiger partial charge on any atom is -0.486 e. The Morgan fingerprint density at radius 3 is 2.77 bits per heavy atom. The van der Waals surface area contributed by atoms with Crippen LogP contribution in [0.1, 0.15) is 28.4 Å². The second kappa shape index (κ2) is 10.7. The van der Waals surface area contributed by atoms with Gasteiger partial charge in [0.25, 0.3) is 5.91 Å². The van der Waals surface area contributed by atoms with Gasteiger partial charge < -0.3 is 25.4 Å². The van der Waals surface area contributed by atoms with Crippen LogP contribution in [0.15, 0.2) is 41.4 Å². The molecule has 2 aromatic rings. The summed E-state index contributed by atoms with van der Waals surface area (Å²) in [4.78, 5) is 16.4. The third kappa shape index (κ3) is 5.79. The Morgan fingerprint density at radius 2 is 1.97 bits per heavy atom. The third-order valence-corrected chi connectivity index (χ3v) is 4.82. The van der Waals surface area contributed by atoms with Crippen molar-refractivity contribution in [2.24, 2.45) is 4.99 Å². The molecule has 1 aliphatic heterocycles. The number of halogens is 1. The number of nitrogens with zero attached hydrogens (tertiary/aromatic N) is 1. The molecule has 0 saturated carbocycles. The van der Waals surface area contributed by atoms with Gasteiger partial charge in [-0.1, -0.05) is 23.7 Å². The van der Waals surface area contributed by atoms with Crippen molar-refractivity contribution in [3.05, 3.63) is 58.1 Å². The molecule has 1 heterocycles. The second-order valence-corrected chi connectivity index (χ2v) is 7.16. The van der Waals surface area contributed by atoms with Gasteiger partial charge in [0.1, 0.15) is 13.2 Å². The number of rotatable bonds is 7. The molecule has 160 valence electrons. The van der Waals surface area contributed by atoms with E-state index in [0.29, 0.717) is 54.3 Å². The van der Waals surface area contributed by atoms with Crippen molar-refractivity contribution in [3.8, 4) is 11.5 Å². The SMILES string of the molecule is CCNC(=NCc1cc(Cl)c2c(c1)OCCO2)NCCc1cccc(C(=O)NC)c1. The summed E-state index contributed by atoms with van der Waals surface area (Å²) in [5.74, 6) is 1.89. The fourth-order valence-electron chi connectivity index (χ4n) is 3.11. The van der Waals surface area contributed by atoms with Crippen molar-refractivity contribution in [3.63, 3.8) is 0 Å². The van der Waals surface area contributed by atoms with Crippen molar-refractivity contribution in [2.45, 2.75) is 19.9 Å². The van der Waals surface area contributed by atoms with Crippen molar-refractivity contribution < 1.29 is 14.3 Å². The van der Waals surface area contributed by atoms with Crippen LogP contribution in [0.3, 0.4) is 0 Å². The first kappa shape index (κ1) is 21.8. The van der Waals surface area contributed by atoms with Crippen molar-refractivity contribution >= 4 is 23.5 Å². The number of benzene rings is 2. The monoisotopic (exact) mass is 430 g/mol. The van der Waals surface area contributed by atoms with Gasteiger partial charge in [0.15, 0.2) is 17.5 Å². The Morgan fingerprint density at radius 1 is 1.13 bits per heavy atom. The number of carbonyl (C=O) groups is 1. The standard InChI is InChI=1S/C22H27ClN4O3/c1-3-25-22(26-8-7-15-5-4-6-17(11-15)21(28)24-2)27-14-16-12-18(23)20-19(13-16)29-9-10-30-20/h4-6,11-13H,3,7-10,14H2,1-2H3,(H,24,28)(H2,25,26,27). The van der Waals surface area contributed by atoms with Crippen LogP contribution < -0.4 is 25.4 Å². The zero-order valence-electron chi connectivity index (χ0n) is 17.3. The first-order valence-electron chi connectivity index (χ1n) is 10.0. The highest BCUT2D eigenvalue weighted by Crippen LogP contribution is 2.38. The molecule has 30 heavy (non-hydrogen) atoms. The maximum atomic E-state index is 11.8. The predicted molar refractivity (Wildman–Crippen MR) is 119 cm³/mol. The van der Waals surface area contributed by atoms with Crippen LogP contribution in [0.2, 0.25) is 5.02 Å². The number of hydrogen-bond acceptors (Lipinski definition) is 4. The number of amides is 1. The second-order valence-electron chi connectivity index (χ2n) is 6.75. The molecule has 0 aliphatic carbocycles. The normalized spacial score (nSPS) is 13.0. The first-order chi connectivity index (χ1) is 14.6. The number of nitrogens with one attached hydrogen (secondary N) is 3. The third-order valence-electron chi connectivity index (χ3n) is 4.54. The van der Waals surface area contributed by atoms with E-state index in [4.69, 9.17) is 21.1 Å². The van der Waals surface area contributed by atoms with Crippen LogP contribution in [-0.4, -0.2) is 45.2 Å². The highest BCUT2D eigenvalue weighted by Gasteiger charge is 2.16. The van der Waals surface area contributed by atoms with Gasteiger partial charge in [-0.25, -0.2) is 4.99 Å². The molecule has 3 rings (SSSR count). The zero-order valence-corrected chi connectivity index (χ0v) is 18.0. The van der Waals surface area contributed by atoms with Gasteiger partial charge in [0.2, 0.25) is 0 Å². The van der Waals surface area contributed by atoms with Crippen molar-refractivity contribution in [2.75, 3.05) is 33.4 Å². The van der Waals surface area contributed by atoms with Gasteiger partial charge in [-0.15, -0.1) is 0 Å². The molecule has 7 nitrogen and oxygen atoms in total. The van der Waals surface area contributed by atoms with E-state index >= 15 is 0 Å². The zero-order chi connectivity index (χ0) is 21.3. The molecule has 1 aliphatic rings. The number of fused-ring (bicyclic) bond motifs is 1. The van der Waals surface area contributed by atoms with Crippen LogP contribution >= 0.6 is 11.6 Å². The lowest BCUT2D eigenvalue weighted by Crippen LogP contribution is -2.38. The Hall–Kier alpha value is -2.93. The van der Waals surface area contributed by atoms with Gasteiger partial charge >= 0.3 is 0 Å². The molecule has 2 aromatic carbocycles. The summed E-state index contributed by atoms with van der Waals surface area (Å²) >= 11 is 6.31. The van der Waals surface area contributed by atoms with Gasteiger partial charge in [0.05, 0.1) is 11.6 Å². The van der Waals surface area contributed by atoms with Gasteiger partial charge in [-0.05, 0) is 48.7 Å². The smallest absolute Gasteiger partial charge is 0.251 e. The lowest BCUT2D eigenvalue weighted by Gasteiger charge is -2.20. The fourth-order valence-corrected chi connectivity index (χ4v) is 3.39. The molecule has 0 aromatic heterocycles.